The molecule has 1 unspecified atom stereocenters. The van der Waals surface area contributed by atoms with E-state index >= 15 is 0 Å². The van der Waals surface area contributed by atoms with Crippen LogP contribution in [-0.4, -0.2) is 19.0 Å². The van der Waals surface area contributed by atoms with Crippen molar-refractivity contribution < 1.29 is 23.1 Å². The van der Waals surface area contributed by atoms with Gasteiger partial charge in [0.25, 0.3) is 0 Å². The molecule has 2 aromatic rings. The molecule has 1 N–H and O–H groups in total. The Morgan fingerprint density at radius 3 is 2.48 bits per heavy atom. The number of amides is 1. The topological polar surface area (TPSA) is 55.4 Å². The van der Waals surface area contributed by atoms with Crippen molar-refractivity contribution in [1.82, 2.24) is 0 Å². The number of hydrogen-bond donors (Lipinski definition) is 1. The van der Waals surface area contributed by atoms with Crippen LogP contribution >= 0.6 is 23.2 Å². The summed E-state index contributed by atoms with van der Waals surface area (Å²) in [6.45, 7) is -0.284. The molecule has 0 aliphatic rings. The van der Waals surface area contributed by atoms with Crippen LogP contribution in [0.3, 0.4) is 0 Å². The molecule has 0 aliphatic heterocycles. The third-order valence-corrected chi connectivity index (χ3v) is 3.94. The normalized spacial score (nSPS) is 11.7. The number of carbonyl (C=O) groups excluding carboxylic acids is 2. The van der Waals surface area contributed by atoms with Gasteiger partial charge in [0.2, 0.25) is 0 Å². The van der Waals surface area contributed by atoms with Gasteiger partial charge in [-0.1, -0.05) is 35.3 Å². The van der Waals surface area contributed by atoms with Crippen molar-refractivity contribution in [3.8, 4) is 0 Å². The standard InChI is InChI=1S/C17H13Cl2F2NO3/c18-13-2-1-3-14(19)16(13)22-17(24)25-9-10(8-23)6-11-4-5-12(20)7-15(11)21/h1-5,7-8,10H,6,9H2,(H,22,24). The number of aldehydes is 1. The third-order valence-electron chi connectivity index (χ3n) is 3.31. The smallest absolute Gasteiger partial charge is 0.411 e. The Hall–Kier alpha value is -2.18. The minimum absolute atomic E-state index is 0.0320. The van der Waals surface area contributed by atoms with Gasteiger partial charge in [0.1, 0.15) is 24.5 Å². The lowest BCUT2D eigenvalue weighted by molar-refractivity contribution is -0.112. The fraction of sp³-hybridized carbons (Fsp3) is 0.176. The largest absolute Gasteiger partial charge is 0.449 e. The van der Waals surface area contributed by atoms with E-state index in [0.717, 1.165) is 12.1 Å². The molecule has 0 radical (unpaired) electrons. The van der Waals surface area contributed by atoms with Crippen molar-refractivity contribution >= 4 is 41.3 Å². The minimum Gasteiger partial charge on any atom is -0.449 e. The lowest BCUT2D eigenvalue weighted by atomic mass is 10.0. The molecule has 0 saturated heterocycles. The van der Waals surface area contributed by atoms with Gasteiger partial charge in [0.15, 0.2) is 0 Å². The minimum atomic E-state index is -0.860. The number of anilines is 1. The Kier molecular flexibility index (Phi) is 6.73. The van der Waals surface area contributed by atoms with E-state index in [-0.39, 0.29) is 34.3 Å². The molecule has 132 valence electrons. The molecular formula is C17H13Cl2F2NO3. The van der Waals surface area contributed by atoms with E-state index < -0.39 is 23.6 Å². The molecule has 1 amide bonds. The quantitative estimate of drug-likeness (QED) is 0.718. The highest BCUT2D eigenvalue weighted by Gasteiger charge is 2.16. The lowest BCUT2D eigenvalue weighted by Crippen LogP contribution is -2.21. The van der Waals surface area contributed by atoms with Crippen molar-refractivity contribution in [3.05, 3.63) is 63.6 Å². The summed E-state index contributed by atoms with van der Waals surface area (Å²) < 4.78 is 31.5. The highest BCUT2D eigenvalue weighted by molar-refractivity contribution is 6.39. The summed E-state index contributed by atoms with van der Waals surface area (Å²) in [5.41, 5.74) is 0.333. The predicted octanol–water partition coefficient (Wildman–Crippen LogP) is 4.88. The zero-order valence-electron chi connectivity index (χ0n) is 12.8. The molecule has 4 nitrogen and oxygen atoms in total. The average Bonchev–Trinajstić information content (AvgIpc) is 2.57. The fourth-order valence-corrected chi connectivity index (χ4v) is 2.55. The Morgan fingerprint density at radius 1 is 1.20 bits per heavy atom. The number of hydrogen-bond acceptors (Lipinski definition) is 3. The molecule has 2 aromatic carbocycles. The molecule has 0 bridgehead atoms. The van der Waals surface area contributed by atoms with Crippen LogP contribution in [0.15, 0.2) is 36.4 Å². The maximum Gasteiger partial charge on any atom is 0.411 e. The molecule has 2 rings (SSSR count). The summed E-state index contributed by atoms with van der Waals surface area (Å²) in [6, 6.07) is 7.74. The first kappa shape index (κ1) is 19.1. The molecular weight excluding hydrogens is 375 g/mol. The van der Waals surface area contributed by atoms with Crippen LogP contribution in [0, 0.1) is 17.6 Å². The number of halogens is 4. The first-order chi connectivity index (χ1) is 11.9. The van der Waals surface area contributed by atoms with Gasteiger partial charge >= 0.3 is 6.09 Å². The number of carbonyl (C=O) groups is 2. The van der Waals surface area contributed by atoms with Gasteiger partial charge in [-0.25, -0.2) is 13.6 Å². The Labute approximate surface area is 152 Å². The second-order valence-electron chi connectivity index (χ2n) is 5.16. The number of rotatable bonds is 6. The number of ether oxygens (including phenoxy) is 1. The zero-order valence-corrected chi connectivity index (χ0v) is 14.3. The van der Waals surface area contributed by atoms with E-state index in [1.807, 2.05) is 0 Å². The average molecular weight is 388 g/mol. The Bertz CT molecular complexity index is 766. The molecule has 0 spiro atoms. The zero-order chi connectivity index (χ0) is 18.4. The second kappa shape index (κ2) is 8.78. The van der Waals surface area contributed by atoms with E-state index in [0.29, 0.717) is 6.29 Å². The van der Waals surface area contributed by atoms with E-state index in [9.17, 15) is 18.4 Å². The van der Waals surface area contributed by atoms with Gasteiger partial charge in [0.05, 0.1) is 21.7 Å². The molecule has 25 heavy (non-hydrogen) atoms. The summed E-state index contributed by atoms with van der Waals surface area (Å²) in [5.74, 6) is -2.26. The van der Waals surface area contributed by atoms with Gasteiger partial charge < -0.3 is 9.53 Å². The van der Waals surface area contributed by atoms with Crippen molar-refractivity contribution in [2.24, 2.45) is 5.92 Å². The van der Waals surface area contributed by atoms with E-state index in [1.54, 1.807) is 6.07 Å². The van der Waals surface area contributed by atoms with Crippen molar-refractivity contribution in [2.75, 3.05) is 11.9 Å². The van der Waals surface area contributed by atoms with Gasteiger partial charge in [-0.05, 0) is 30.2 Å². The van der Waals surface area contributed by atoms with Gasteiger partial charge in [-0.2, -0.15) is 0 Å². The molecule has 0 heterocycles. The van der Waals surface area contributed by atoms with Crippen LogP contribution in [0.25, 0.3) is 0 Å². The van der Waals surface area contributed by atoms with E-state index in [2.05, 4.69) is 5.32 Å². The first-order valence-corrected chi connectivity index (χ1v) is 7.93. The number of para-hydroxylation sites is 1. The summed E-state index contributed by atoms with van der Waals surface area (Å²) >= 11 is 11.8. The van der Waals surface area contributed by atoms with Crippen LogP contribution < -0.4 is 5.32 Å². The monoisotopic (exact) mass is 387 g/mol. The Balaban J connectivity index is 1.94. The molecule has 0 saturated carbocycles. The SMILES string of the molecule is O=CC(COC(=O)Nc1c(Cl)cccc1Cl)Cc1ccc(F)cc1F. The molecule has 1 atom stereocenters. The van der Waals surface area contributed by atoms with Crippen LogP contribution in [0.5, 0.6) is 0 Å². The summed E-state index contributed by atoms with van der Waals surface area (Å²) in [4.78, 5) is 22.9. The van der Waals surface area contributed by atoms with E-state index in [1.165, 1.54) is 18.2 Å². The summed E-state index contributed by atoms with van der Waals surface area (Å²) in [7, 11) is 0. The fourth-order valence-electron chi connectivity index (χ4n) is 2.05. The highest BCUT2D eigenvalue weighted by Crippen LogP contribution is 2.29. The highest BCUT2D eigenvalue weighted by atomic mass is 35.5. The van der Waals surface area contributed by atoms with Crippen molar-refractivity contribution in [3.63, 3.8) is 0 Å². The van der Waals surface area contributed by atoms with E-state index in [4.69, 9.17) is 27.9 Å². The maximum absolute atomic E-state index is 13.6. The third kappa shape index (κ3) is 5.41. The molecule has 8 heteroatoms. The number of benzene rings is 2. The summed E-state index contributed by atoms with van der Waals surface area (Å²) in [6.07, 6.45) is -0.352. The molecule has 0 fully saturated rings. The van der Waals surface area contributed by atoms with Gasteiger partial charge in [0, 0.05) is 6.07 Å². The summed E-state index contributed by atoms with van der Waals surface area (Å²) in [5, 5.41) is 2.83. The van der Waals surface area contributed by atoms with Crippen LogP contribution in [0.1, 0.15) is 5.56 Å². The first-order valence-electron chi connectivity index (χ1n) is 7.17. The molecule has 0 aromatic heterocycles. The van der Waals surface area contributed by atoms with Crippen LogP contribution in [0.4, 0.5) is 19.3 Å². The van der Waals surface area contributed by atoms with Gasteiger partial charge in [-0.15, -0.1) is 0 Å². The second-order valence-corrected chi connectivity index (χ2v) is 5.97. The van der Waals surface area contributed by atoms with Crippen molar-refractivity contribution in [1.29, 1.82) is 0 Å². The Morgan fingerprint density at radius 2 is 1.88 bits per heavy atom. The molecule has 0 aliphatic carbocycles. The van der Waals surface area contributed by atoms with Gasteiger partial charge in [-0.3, -0.25) is 5.32 Å². The number of nitrogens with one attached hydrogen (secondary N) is 1. The van der Waals surface area contributed by atoms with Crippen LogP contribution in [-0.2, 0) is 16.0 Å². The van der Waals surface area contributed by atoms with Crippen LogP contribution in [0.2, 0.25) is 10.0 Å². The van der Waals surface area contributed by atoms with Crippen molar-refractivity contribution in [2.45, 2.75) is 6.42 Å². The predicted molar refractivity (Wildman–Crippen MR) is 91.0 cm³/mol. The maximum atomic E-state index is 13.6. The lowest BCUT2D eigenvalue weighted by Gasteiger charge is -2.13.